The van der Waals surface area contributed by atoms with E-state index in [0.29, 0.717) is 60.5 Å². The van der Waals surface area contributed by atoms with Crippen molar-refractivity contribution in [3.05, 3.63) is 60.2 Å². The molecule has 176 valence electrons. The zero-order valence-electron chi connectivity index (χ0n) is 19.2. The van der Waals surface area contributed by atoms with E-state index >= 15 is 0 Å². The van der Waals surface area contributed by atoms with Crippen LogP contribution in [0.4, 0.5) is 16.4 Å². The minimum Gasteiger partial charge on any atom is -0.377 e. The van der Waals surface area contributed by atoms with Crippen LogP contribution in [0.3, 0.4) is 0 Å². The predicted molar refractivity (Wildman–Crippen MR) is 132 cm³/mol. The molecule has 34 heavy (non-hydrogen) atoms. The fourth-order valence-corrected chi connectivity index (χ4v) is 3.85. The fraction of sp³-hybridized carbons (Fsp3) is 0.280. The molecule has 1 fully saturated rings. The Morgan fingerprint density at radius 3 is 2.56 bits per heavy atom. The van der Waals surface area contributed by atoms with Gasteiger partial charge in [0, 0.05) is 35.5 Å². The zero-order chi connectivity index (χ0) is 24.1. The second-order valence-electron chi connectivity index (χ2n) is 8.03. The van der Waals surface area contributed by atoms with Crippen LogP contribution in [-0.4, -0.2) is 54.3 Å². The number of amides is 3. The molecule has 3 aromatic rings. The molecule has 2 heterocycles. The molecule has 9 nitrogen and oxygen atoms in total. The number of hydrogen-bond acceptors (Lipinski definition) is 6. The summed E-state index contributed by atoms with van der Waals surface area (Å²) < 4.78 is 5.58. The lowest BCUT2D eigenvalue weighted by molar-refractivity contribution is 0.0981. The maximum atomic E-state index is 12.1. The number of nitrogens with one attached hydrogen (secondary N) is 2. The average Bonchev–Trinajstić information content (AvgIpc) is 2.84. The highest BCUT2D eigenvalue weighted by Crippen LogP contribution is 2.30. The highest BCUT2D eigenvalue weighted by Gasteiger charge is 2.23. The molecule has 0 saturated carbocycles. The van der Waals surface area contributed by atoms with Gasteiger partial charge in [-0.15, -0.1) is 0 Å². The Hall–Kier alpha value is -3.98. The van der Waals surface area contributed by atoms with Gasteiger partial charge in [-0.1, -0.05) is 30.3 Å². The smallest absolute Gasteiger partial charge is 0.319 e. The summed E-state index contributed by atoms with van der Waals surface area (Å²) in [6.45, 7) is 6.30. The van der Waals surface area contributed by atoms with Gasteiger partial charge in [0.25, 0.3) is 0 Å². The number of nitrogens with two attached hydrogens (primary N) is 1. The topological polar surface area (TPSA) is 122 Å². The van der Waals surface area contributed by atoms with E-state index in [1.165, 1.54) is 0 Å². The molecule has 0 radical (unpaired) electrons. The van der Waals surface area contributed by atoms with Gasteiger partial charge in [0.1, 0.15) is 0 Å². The Kier molecular flexibility index (Phi) is 7.03. The van der Waals surface area contributed by atoms with Gasteiger partial charge in [0.15, 0.2) is 0 Å². The van der Waals surface area contributed by atoms with Crippen LogP contribution in [0.25, 0.3) is 22.5 Å². The Morgan fingerprint density at radius 2 is 1.85 bits per heavy atom. The van der Waals surface area contributed by atoms with E-state index in [-0.39, 0.29) is 12.1 Å². The Morgan fingerprint density at radius 1 is 1.12 bits per heavy atom. The van der Waals surface area contributed by atoms with Crippen LogP contribution >= 0.6 is 0 Å². The van der Waals surface area contributed by atoms with Crippen LogP contribution in [0.2, 0.25) is 0 Å². The first-order valence-corrected chi connectivity index (χ1v) is 11.2. The minimum absolute atomic E-state index is 0.104. The number of urea groups is 1. The van der Waals surface area contributed by atoms with Gasteiger partial charge in [0.2, 0.25) is 11.9 Å². The van der Waals surface area contributed by atoms with Crippen LogP contribution in [0, 0.1) is 0 Å². The highest BCUT2D eigenvalue weighted by atomic mass is 16.5. The molecule has 2 aromatic carbocycles. The molecule has 1 saturated heterocycles. The summed E-state index contributed by atoms with van der Waals surface area (Å²) in [7, 11) is 0. The lowest BCUT2D eigenvalue weighted by Gasteiger charge is -2.33. The number of nitrogens with zero attached hydrogens (tertiary/aromatic N) is 3. The number of benzene rings is 2. The first kappa shape index (κ1) is 23.2. The monoisotopic (exact) mass is 460 g/mol. The third kappa shape index (κ3) is 5.15. The number of aromatic nitrogens is 2. The van der Waals surface area contributed by atoms with Gasteiger partial charge in [-0.2, -0.15) is 0 Å². The third-order valence-electron chi connectivity index (χ3n) is 5.58. The number of carbonyl (C=O) groups is 2. The quantitative estimate of drug-likeness (QED) is 0.519. The molecule has 9 heteroatoms. The number of anilines is 2. The molecule has 1 atom stereocenters. The van der Waals surface area contributed by atoms with E-state index in [9.17, 15) is 9.59 Å². The van der Waals surface area contributed by atoms with Crippen molar-refractivity contribution in [3.63, 3.8) is 0 Å². The van der Waals surface area contributed by atoms with E-state index in [1.807, 2.05) is 49.4 Å². The molecular weight excluding hydrogens is 432 g/mol. The molecule has 3 amide bonds. The summed E-state index contributed by atoms with van der Waals surface area (Å²) in [5.74, 6) is 0.0462. The van der Waals surface area contributed by atoms with Gasteiger partial charge in [-0.05, 0) is 38.1 Å². The van der Waals surface area contributed by atoms with E-state index < -0.39 is 5.91 Å². The normalized spacial score (nSPS) is 15.6. The summed E-state index contributed by atoms with van der Waals surface area (Å²) in [4.78, 5) is 35.6. The second kappa shape index (κ2) is 10.3. The van der Waals surface area contributed by atoms with Crippen molar-refractivity contribution in [1.29, 1.82) is 0 Å². The van der Waals surface area contributed by atoms with Crippen molar-refractivity contribution in [2.24, 2.45) is 5.73 Å². The molecule has 1 aliphatic rings. The molecule has 1 aliphatic heterocycles. The maximum Gasteiger partial charge on any atom is 0.319 e. The lowest BCUT2D eigenvalue weighted by Crippen LogP contribution is -2.44. The maximum absolute atomic E-state index is 12.1. The van der Waals surface area contributed by atoms with Crippen molar-refractivity contribution >= 4 is 23.6 Å². The van der Waals surface area contributed by atoms with Crippen molar-refractivity contribution in [1.82, 2.24) is 15.3 Å². The first-order chi connectivity index (χ1) is 16.5. The lowest BCUT2D eigenvalue weighted by atomic mass is 10.0. The Bertz CT molecular complexity index is 1180. The van der Waals surface area contributed by atoms with E-state index in [4.69, 9.17) is 20.4 Å². The number of hydrogen-bond donors (Lipinski definition) is 3. The molecular formula is C25H28N6O3. The van der Waals surface area contributed by atoms with Crippen molar-refractivity contribution in [3.8, 4) is 22.5 Å². The third-order valence-corrected chi connectivity index (χ3v) is 5.58. The van der Waals surface area contributed by atoms with Gasteiger partial charge in [-0.25, -0.2) is 14.8 Å². The van der Waals surface area contributed by atoms with Gasteiger partial charge in [0.05, 0.1) is 30.6 Å². The van der Waals surface area contributed by atoms with Gasteiger partial charge >= 0.3 is 6.03 Å². The number of carbonyl (C=O) groups excluding carboxylic acids is 2. The van der Waals surface area contributed by atoms with Crippen LogP contribution in [-0.2, 0) is 4.74 Å². The van der Waals surface area contributed by atoms with E-state index in [1.54, 1.807) is 12.1 Å². The standard InChI is InChI=1S/C25H28N6O3/c1-3-27-25(33)28-18-10-8-17(9-11-18)21-14-22(19-6-4-5-7-20(19)23(26)32)30-24(29-21)31-12-13-34-15-16(31)2/h4-11,14,16H,3,12-13,15H2,1-2H3,(H2,26,32)(H2,27,28,33)/t16-/m0/s1. The van der Waals surface area contributed by atoms with Crippen molar-refractivity contribution in [2.75, 3.05) is 36.5 Å². The molecule has 0 spiro atoms. The minimum atomic E-state index is -0.516. The van der Waals surface area contributed by atoms with Crippen LogP contribution < -0.4 is 21.3 Å². The van der Waals surface area contributed by atoms with Gasteiger partial charge < -0.3 is 26.0 Å². The van der Waals surface area contributed by atoms with E-state index in [2.05, 4.69) is 22.5 Å². The highest BCUT2D eigenvalue weighted by molar-refractivity contribution is 5.99. The fourth-order valence-electron chi connectivity index (χ4n) is 3.85. The van der Waals surface area contributed by atoms with Crippen LogP contribution in [0.1, 0.15) is 24.2 Å². The summed E-state index contributed by atoms with van der Waals surface area (Å²) in [6.07, 6.45) is 0. The van der Waals surface area contributed by atoms with E-state index in [0.717, 1.165) is 5.56 Å². The zero-order valence-corrected chi connectivity index (χ0v) is 19.2. The summed E-state index contributed by atoms with van der Waals surface area (Å²) in [5.41, 5.74) is 9.51. The summed E-state index contributed by atoms with van der Waals surface area (Å²) in [6, 6.07) is 16.3. The van der Waals surface area contributed by atoms with Gasteiger partial charge in [-0.3, -0.25) is 4.79 Å². The average molecular weight is 461 g/mol. The largest absolute Gasteiger partial charge is 0.377 e. The molecule has 4 N–H and O–H groups in total. The summed E-state index contributed by atoms with van der Waals surface area (Å²) >= 11 is 0. The van der Waals surface area contributed by atoms with Crippen molar-refractivity contribution in [2.45, 2.75) is 19.9 Å². The predicted octanol–water partition coefficient (Wildman–Crippen LogP) is 3.28. The number of primary amides is 1. The first-order valence-electron chi connectivity index (χ1n) is 11.2. The molecule has 0 aliphatic carbocycles. The Balaban J connectivity index is 1.77. The second-order valence-corrected chi connectivity index (χ2v) is 8.03. The number of ether oxygens (including phenoxy) is 1. The molecule has 0 unspecified atom stereocenters. The SMILES string of the molecule is CCNC(=O)Nc1ccc(-c2cc(-c3ccccc3C(N)=O)nc(N3CCOC[C@@H]3C)n2)cc1. The number of morpholine rings is 1. The van der Waals surface area contributed by atoms with Crippen LogP contribution in [0.5, 0.6) is 0 Å². The number of rotatable bonds is 6. The molecule has 4 rings (SSSR count). The summed E-state index contributed by atoms with van der Waals surface area (Å²) in [5, 5.41) is 5.50. The molecule has 0 bridgehead atoms. The molecule has 1 aromatic heterocycles. The van der Waals surface area contributed by atoms with Crippen LogP contribution in [0.15, 0.2) is 54.6 Å². The Labute approximate surface area is 198 Å². The van der Waals surface area contributed by atoms with Crippen molar-refractivity contribution < 1.29 is 14.3 Å².